The van der Waals surface area contributed by atoms with Crippen LogP contribution in [0.5, 0.6) is 5.75 Å². The van der Waals surface area contributed by atoms with Gasteiger partial charge in [-0.15, -0.1) is 0 Å². The SMILES string of the molecule is CCCCOc1cccc(C2c3c(oc4c(C)cc(C)cc4c3=O)C(=O)N2Cc2ccco2)c1. The molecule has 1 amide bonds. The molecule has 4 aromatic rings. The van der Waals surface area contributed by atoms with E-state index in [0.717, 1.165) is 29.5 Å². The number of unbranched alkanes of at least 4 members (excludes halogenated alkanes) is 1. The number of carbonyl (C=O) groups is 1. The van der Waals surface area contributed by atoms with E-state index in [2.05, 4.69) is 6.92 Å². The Labute approximate surface area is 197 Å². The van der Waals surface area contributed by atoms with Gasteiger partial charge in [0.1, 0.15) is 17.1 Å². The van der Waals surface area contributed by atoms with Crippen molar-refractivity contribution in [1.29, 1.82) is 0 Å². The largest absolute Gasteiger partial charge is 0.494 e. The molecule has 1 aliphatic heterocycles. The summed E-state index contributed by atoms with van der Waals surface area (Å²) in [6, 6.07) is 14.4. The predicted octanol–water partition coefficient (Wildman–Crippen LogP) is 5.93. The lowest BCUT2D eigenvalue weighted by Crippen LogP contribution is -2.29. The van der Waals surface area contributed by atoms with Gasteiger partial charge in [-0.05, 0) is 67.3 Å². The molecule has 1 aliphatic rings. The predicted molar refractivity (Wildman–Crippen MR) is 129 cm³/mol. The van der Waals surface area contributed by atoms with E-state index in [1.807, 2.05) is 56.3 Å². The zero-order valence-corrected chi connectivity index (χ0v) is 19.6. The standard InChI is InChI=1S/C28H27NO5/c1-4-5-11-32-20-9-6-8-19(15-20)24-23-25(30)22-14-17(2)13-18(3)26(22)34-27(23)28(31)29(24)16-21-10-7-12-33-21/h6-10,12-15,24H,4-5,11,16H2,1-3H3. The van der Waals surface area contributed by atoms with Gasteiger partial charge in [0.25, 0.3) is 5.91 Å². The molecule has 2 aromatic heterocycles. The van der Waals surface area contributed by atoms with Gasteiger partial charge in [-0.2, -0.15) is 0 Å². The number of ether oxygens (including phenoxy) is 1. The van der Waals surface area contributed by atoms with Gasteiger partial charge in [0.05, 0.1) is 36.4 Å². The average molecular weight is 458 g/mol. The molecule has 0 fully saturated rings. The molecule has 34 heavy (non-hydrogen) atoms. The highest BCUT2D eigenvalue weighted by Gasteiger charge is 2.43. The zero-order valence-electron chi connectivity index (χ0n) is 19.6. The average Bonchev–Trinajstić information content (AvgIpc) is 3.42. The zero-order chi connectivity index (χ0) is 23.8. The molecule has 0 saturated heterocycles. The molecular weight excluding hydrogens is 430 g/mol. The van der Waals surface area contributed by atoms with Gasteiger partial charge in [-0.25, -0.2) is 0 Å². The third kappa shape index (κ3) is 3.79. The molecule has 0 aliphatic carbocycles. The first-order valence-electron chi connectivity index (χ1n) is 11.6. The Morgan fingerprint density at radius 3 is 2.68 bits per heavy atom. The van der Waals surface area contributed by atoms with Crippen LogP contribution < -0.4 is 10.2 Å². The van der Waals surface area contributed by atoms with Crippen molar-refractivity contribution in [3.8, 4) is 5.75 Å². The van der Waals surface area contributed by atoms with Crippen LogP contribution in [0.25, 0.3) is 11.0 Å². The number of amides is 1. The molecule has 174 valence electrons. The summed E-state index contributed by atoms with van der Waals surface area (Å²) < 4.78 is 17.6. The highest BCUT2D eigenvalue weighted by Crippen LogP contribution is 2.40. The number of rotatable bonds is 7. The highest BCUT2D eigenvalue weighted by molar-refractivity contribution is 5.99. The van der Waals surface area contributed by atoms with Crippen LogP contribution in [0.2, 0.25) is 0 Å². The fourth-order valence-electron chi connectivity index (χ4n) is 4.66. The molecule has 0 saturated carbocycles. The van der Waals surface area contributed by atoms with Crippen molar-refractivity contribution in [3.63, 3.8) is 0 Å². The van der Waals surface area contributed by atoms with Crippen LogP contribution in [0.1, 0.15) is 64.4 Å². The van der Waals surface area contributed by atoms with Crippen molar-refractivity contribution in [2.45, 2.75) is 46.2 Å². The van der Waals surface area contributed by atoms with Crippen molar-refractivity contribution in [2.75, 3.05) is 6.61 Å². The van der Waals surface area contributed by atoms with Crippen molar-refractivity contribution in [1.82, 2.24) is 4.90 Å². The van der Waals surface area contributed by atoms with Gasteiger partial charge < -0.3 is 18.5 Å². The van der Waals surface area contributed by atoms with Crippen LogP contribution in [0.15, 0.2) is 68.4 Å². The van der Waals surface area contributed by atoms with Crippen molar-refractivity contribution < 1.29 is 18.4 Å². The minimum absolute atomic E-state index is 0.0957. The van der Waals surface area contributed by atoms with Crippen molar-refractivity contribution >= 4 is 16.9 Å². The first kappa shape index (κ1) is 22.0. The summed E-state index contributed by atoms with van der Waals surface area (Å²) in [5.74, 6) is 1.11. The van der Waals surface area contributed by atoms with E-state index in [9.17, 15) is 9.59 Å². The number of benzene rings is 2. The van der Waals surface area contributed by atoms with E-state index in [1.165, 1.54) is 0 Å². The summed E-state index contributed by atoms with van der Waals surface area (Å²) in [6.07, 6.45) is 3.56. The molecular formula is C28H27NO5. The number of furan rings is 1. The third-order valence-corrected chi connectivity index (χ3v) is 6.24. The number of fused-ring (bicyclic) bond motifs is 2. The van der Waals surface area contributed by atoms with Crippen molar-refractivity contribution in [2.24, 2.45) is 0 Å². The Kier molecular flexibility index (Phi) is 5.74. The first-order chi connectivity index (χ1) is 16.5. The van der Waals surface area contributed by atoms with E-state index in [4.69, 9.17) is 13.6 Å². The number of hydrogen-bond donors (Lipinski definition) is 0. The Morgan fingerprint density at radius 1 is 1.06 bits per heavy atom. The molecule has 6 nitrogen and oxygen atoms in total. The van der Waals surface area contributed by atoms with Gasteiger partial charge in [-0.1, -0.05) is 31.5 Å². The number of nitrogens with zero attached hydrogens (tertiary/aromatic N) is 1. The van der Waals surface area contributed by atoms with Crippen LogP contribution >= 0.6 is 0 Å². The van der Waals surface area contributed by atoms with Gasteiger partial charge in [-0.3, -0.25) is 9.59 Å². The molecule has 3 heterocycles. The molecule has 2 aromatic carbocycles. The quantitative estimate of drug-likeness (QED) is 0.322. The second kappa shape index (κ2) is 8.86. The van der Waals surface area contributed by atoms with Gasteiger partial charge >= 0.3 is 0 Å². The maximum atomic E-state index is 13.8. The van der Waals surface area contributed by atoms with Crippen LogP contribution in [-0.4, -0.2) is 17.4 Å². The van der Waals surface area contributed by atoms with E-state index >= 15 is 0 Å². The summed E-state index contributed by atoms with van der Waals surface area (Å²) in [5, 5.41) is 0.490. The van der Waals surface area contributed by atoms with Crippen LogP contribution in [0.4, 0.5) is 0 Å². The monoisotopic (exact) mass is 457 g/mol. The lowest BCUT2D eigenvalue weighted by molar-refractivity contribution is 0.0701. The number of aryl methyl sites for hydroxylation is 2. The van der Waals surface area contributed by atoms with Gasteiger partial charge in [0.2, 0.25) is 5.76 Å². The summed E-state index contributed by atoms with van der Waals surface area (Å²) in [4.78, 5) is 29.0. The highest BCUT2D eigenvalue weighted by atomic mass is 16.5. The molecule has 0 radical (unpaired) electrons. The first-order valence-corrected chi connectivity index (χ1v) is 11.6. The molecule has 0 bridgehead atoms. The summed E-state index contributed by atoms with van der Waals surface area (Å²) in [5.41, 5.74) is 3.23. The summed E-state index contributed by atoms with van der Waals surface area (Å²) >= 11 is 0. The Bertz CT molecular complexity index is 1420. The molecule has 1 atom stereocenters. The minimum atomic E-state index is -0.608. The Hall–Kier alpha value is -3.80. The summed E-state index contributed by atoms with van der Waals surface area (Å²) in [7, 11) is 0. The number of carbonyl (C=O) groups excluding carboxylic acids is 1. The van der Waals surface area contributed by atoms with Crippen LogP contribution in [0.3, 0.4) is 0 Å². The molecule has 1 unspecified atom stereocenters. The number of hydrogen-bond acceptors (Lipinski definition) is 5. The van der Waals surface area contributed by atoms with Crippen molar-refractivity contribution in [3.05, 3.63) is 98.8 Å². The van der Waals surface area contributed by atoms with E-state index < -0.39 is 6.04 Å². The van der Waals surface area contributed by atoms with Crippen LogP contribution in [-0.2, 0) is 6.54 Å². The Morgan fingerprint density at radius 2 is 1.91 bits per heavy atom. The van der Waals surface area contributed by atoms with Gasteiger partial charge in [0.15, 0.2) is 5.43 Å². The van der Waals surface area contributed by atoms with E-state index in [0.29, 0.717) is 34.6 Å². The van der Waals surface area contributed by atoms with Crippen LogP contribution in [0, 0.1) is 13.8 Å². The second-order valence-electron chi connectivity index (χ2n) is 8.82. The fourth-order valence-corrected chi connectivity index (χ4v) is 4.66. The summed E-state index contributed by atoms with van der Waals surface area (Å²) in [6.45, 7) is 6.78. The minimum Gasteiger partial charge on any atom is -0.494 e. The van der Waals surface area contributed by atoms with E-state index in [-0.39, 0.29) is 23.6 Å². The topological polar surface area (TPSA) is 72.9 Å². The lowest BCUT2D eigenvalue weighted by Gasteiger charge is -2.24. The molecule has 0 N–H and O–H groups in total. The normalized spacial score (nSPS) is 15.2. The maximum Gasteiger partial charge on any atom is 0.291 e. The molecule has 5 rings (SSSR count). The Balaban J connectivity index is 1.68. The van der Waals surface area contributed by atoms with Gasteiger partial charge in [0, 0.05) is 0 Å². The molecule has 6 heteroatoms. The fraction of sp³-hybridized carbons (Fsp3) is 0.286. The molecule has 0 spiro atoms. The lowest BCUT2D eigenvalue weighted by atomic mass is 9.97. The van der Waals surface area contributed by atoms with E-state index in [1.54, 1.807) is 17.2 Å². The second-order valence-corrected chi connectivity index (χ2v) is 8.82. The third-order valence-electron chi connectivity index (χ3n) is 6.24. The smallest absolute Gasteiger partial charge is 0.291 e. The maximum absolute atomic E-state index is 13.8.